The third kappa shape index (κ3) is 7.07. The highest BCUT2D eigenvalue weighted by Gasteiger charge is 2.33. The number of primary amides is 1. The second-order valence-electron chi connectivity index (χ2n) is 8.07. The summed E-state index contributed by atoms with van der Waals surface area (Å²) in [5.74, 6) is -0.654. The molecule has 3 rings (SSSR count). The van der Waals surface area contributed by atoms with Crippen LogP contribution in [0, 0.1) is 0 Å². The predicted molar refractivity (Wildman–Crippen MR) is 120 cm³/mol. The number of likely N-dealkylation sites (N-methyl/N-ethyl adjacent to an activating group) is 1. The molecule has 14 heteroatoms. The number of carbonyl (C=O) groups is 2. The number of nitrogens with zero attached hydrogens (tertiary/aromatic N) is 3. The summed E-state index contributed by atoms with van der Waals surface area (Å²) in [6.07, 6.45) is -3.41. The molecule has 0 spiro atoms. The lowest BCUT2D eigenvalue weighted by molar-refractivity contribution is -0.407. The number of carbonyl (C=O) groups excluding carboxylic acids is 2. The van der Waals surface area contributed by atoms with Crippen LogP contribution >= 0.6 is 0 Å². The monoisotopic (exact) mass is 531 g/mol. The number of alkyl halides is 3. The number of hydrogen-bond donors (Lipinski definition) is 1. The molecule has 1 saturated heterocycles. The van der Waals surface area contributed by atoms with Crippen LogP contribution in [0.3, 0.4) is 0 Å². The lowest BCUT2D eigenvalue weighted by Crippen LogP contribution is -2.90. The average Bonchev–Trinajstić information content (AvgIpc) is 3.10. The van der Waals surface area contributed by atoms with Gasteiger partial charge in [0, 0.05) is 38.4 Å². The summed E-state index contributed by atoms with van der Waals surface area (Å²) >= 11 is 0. The van der Waals surface area contributed by atoms with Crippen molar-refractivity contribution in [1.29, 1.82) is 0 Å². The molecule has 1 fully saturated rings. The van der Waals surface area contributed by atoms with Crippen LogP contribution in [-0.4, -0.2) is 68.4 Å². The Bertz CT molecular complexity index is 1210. The number of primary sulfonamides is 1. The highest BCUT2D eigenvalue weighted by molar-refractivity contribution is 7.85. The molecule has 1 aliphatic rings. The van der Waals surface area contributed by atoms with Crippen molar-refractivity contribution in [2.24, 2.45) is 0 Å². The highest BCUT2D eigenvalue weighted by atomic mass is 32.2. The number of amides is 3. The normalized spacial score (nSPS) is 14.3. The molecular formula is C22H26F3N4O6S+. The molecule has 2 aromatic rings. The number of pyridine rings is 1. The van der Waals surface area contributed by atoms with Gasteiger partial charge in [-0.1, -0.05) is 19.4 Å². The van der Waals surface area contributed by atoms with Crippen LogP contribution < -0.4 is 9.46 Å². The van der Waals surface area contributed by atoms with Crippen LogP contribution in [-0.2, 0) is 21.3 Å². The fourth-order valence-electron chi connectivity index (χ4n) is 3.44. The van der Waals surface area contributed by atoms with E-state index in [1.54, 1.807) is 22.9 Å². The number of aromatic nitrogens is 1. The summed E-state index contributed by atoms with van der Waals surface area (Å²) in [6.45, 7) is 3.27. The van der Waals surface area contributed by atoms with Crippen LogP contribution in [0.1, 0.15) is 25.3 Å². The fraction of sp³-hybridized carbons (Fsp3) is 0.409. The molecular weight excluding hydrogens is 505 g/mol. The standard InChI is InChI=1S/C22H25F3N4O6S/c1-3-4-11-34-20(30)27-36(32,33)19-8-6-16(35-22(23,24)25)12-17(19)18-7-5-15(13-26-18)14-29-10-9-28(2)21(29)31/h5-8,12-13H,3-4,9-11,14H2,1-2H3,(H,27,30)/p+1. The molecule has 2 heterocycles. The first-order valence-electron chi connectivity index (χ1n) is 11.0. The summed E-state index contributed by atoms with van der Waals surface area (Å²) in [5.41, 5.74) is 0.473. The number of quaternary nitrogens is 1. The summed E-state index contributed by atoms with van der Waals surface area (Å²) in [5, 5.41) is 0. The number of sulfonamides is 1. The van der Waals surface area contributed by atoms with Gasteiger partial charge < -0.3 is 19.3 Å². The molecule has 0 unspecified atom stereocenters. The van der Waals surface area contributed by atoms with Crippen molar-refractivity contribution in [3.8, 4) is 17.0 Å². The van der Waals surface area contributed by atoms with Gasteiger partial charge in [-0.25, -0.2) is 4.79 Å². The van der Waals surface area contributed by atoms with Crippen LogP contribution in [0.5, 0.6) is 5.75 Å². The zero-order chi connectivity index (χ0) is 26.5. The average molecular weight is 532 g/mol. The van der Waals surface area contributed by atoms with Gasteiger partial charge in [0.05, 0.1) is 12.3 Å². The second-order valence-corrected chi connectivity index (χ2v) is 9.83. The Kier molecular flexibility index (Phi) is 8.40. The van der Waals surface area contributed by atoms with E-state index in [0.29, 0.717) is 29.8 Å². The summed E-state index contributed by atoms with van der Waals surface area (Å²) in [7, 11) is -2.73. The number of rotatable bonds is 9. The molecule has 0 bridgehead atoms. The second kappa shape index (κ2) is 11.1. The van der Waals surface area contributed by atoms with E-state index in [4.69, 9.17) is 4.74 Å². The number of hydrogen-bond acceptors (Lipinski definition) is 7. The molecule has 196 valence electrons. The van der Waals surface area contributed by atoms with E-state index in [9.17, 15) is 31.2 Å². The number of halogens is 3. The van der Waals surface area contributed by atoms with Gasteiger partial charge in [-0.2, -0.15) is 13.2 Å². The Hall–Kier alpha value is -3.39. The Labute approximate surface area is 206 Å². The molecule has 1 aromatic heterocycles. The zero-order valence-corrected chi connectivity index (χ0v) is 20.4. The lowest BCUT2D eigenvalue weighted by atomic mass is 10.1. The number of unbranched alkanes of at least 4 members (excludes halogenated alkanes) is 1. The van der Waals surface area contributed by atoms with Crippen molar-refractivity contribution in [1.82, 2.24) is 14.8 Å². The Morgan fingerprint density at radius 1 is 1.19 bits per heavy atom. The van der Waals surface area contributed by atoms with E-state index >= 15 is 0 Å². The van der Waals surface area contributed by atoms with Gasteiger partial charge >= 0.3 is 28.5 Å². The minimum Gasteiger partial charge on any atom is -0.419 e. The van der Waals surface area contributed by atoms with Gasteiger partial charge in [0.1, 0.15) is 10.6 Å². The van der Waals surface area contributed by atoms with Crippen molar-refractivity contribution in [2.75, 3.05) is 26.7 Å². The van der Waals surface area contributed by atoms with Crippen LogP contribution in [0.15, 0.2) is 41.4 Å². The maximum atomic E-state index is 12.9. The number of urea groups is 1. The molecule has 0 saturated carbocycles. The molecule has 0 atom stereocenters. The minimum absolute atomic E-state index is 0.0302. The fourth-order valence-corrected chi connectivity index (χ4v) is 4.62. The van der Waals surface area contributed by atoms with Crippen molar-refractivity contribution in [2.45, 2.75) is 37.6 Å². The van der Waals surface area contributed by atoms with Gasteiger partial charge in [0.25, 0.3) is 0 Å². The summed E-state index contributed by atoms with van der Waals surface area (Å²) in [6, 6.07) is 5.50. The first-order chi connectivity index (χ1) is 16.9. The summed E-state index contributed by atoms with van der Waals surface area (Å²) in [4.78, 5) is 31.0. The topological polar surface area (TPSA) is 123 Å². The van der Waals surface area contributed by atoms with Gasteiger partial charge in [0.2, 0.25) is 0 Å². The SMILES string of the molecule is CCCCOC(=O)[NH2+]S(=O)(=O)c1ccc(OC(F)(F)F)cc1-c1ccc(CN2CCN(C)C2=O)cn1. The molecule has 36 heavy (non-hydrogen) atoms. The zero-order valence-electron chi connectivity index (χ0n) is 19.6. The Morgan fingerprint density at radius 2 is 1.94 bits per heavy atom. The summed E-state index contributed by atoms with van der Waals surface area (Å²) < 4.78 is 73.4. The molecule has 2 N–H and O–H groups in total. The third-order valence-electron chi connectivity index (χ3n) is 5.26. The maximum absolute atomic E-state index is 12.9. The van der Waals surface area contributed by atoms with Crippen LogP contribution in [0.4, 0.5) is 22.8 Å². The van der Waals surface area contributed by atoms with Crippen LogP contribution in [0.2, 0.25) is 0 Å². The van der Waals surface area contributed by atoms with Crippen molar-refractivity contribution < 1.29 is 45.4 Å². The van der Waals surface area contributed by atoms with E-state index in [1.165, 1.54) is 12.3 Å². The molecule has 10 nitrogen and oxygen atoms in total. The molecule has 3 amide bonds. The van der Waals surface area contributed by atoms with Crippen molar-refractivity contribution in [3.63, 3.8) is 0 Å². The Morgan fingerprint density at radius 3 is 2.53 bits per heavy atom. The highest BCUT2D eigenvalue weighted by Crippen LogP contribution is 2.32. The van der Waals surface area contributed by atoms with E-state index in [-0.39, 0.29) is 30.4 Å². The van der Waals surface area contributed by atoms with Gasteiger partial charge in [-0.3, -0.25) is 4.98 Å². The third-order valence-corrected chi connectivity index (χ3v) is 6.73. The van der Waals surface area contributed by atoms with E-state index in [2.05, 4.69) is 9.72 Å². The predicted octanol–water partition coefficient (Wildman–Crippen LogP) is 2.70. The Balaban J connectivity index is 1.91. The number of nitrogens with two attached hydrogens (primary N) is 1. The molecule has 0 aliphatic carbocycles. The molecule has 1 aliphatic heterocycles. The van der Waals surface area contributed by atoms with Gasteiger partial charge in [-0.05, 0) is 36.2 Å². The number of ether oxygens (including phenoxy) is 2. The lowest BCUT2D eigenvalue weighted by Gasteiger charge is -2.16. The van der Waals surface area contributed by atoms with Crippen LogP contribution in [0.25, 0.3) is 11.3 Å². The first kappa shape index (κ1) is 27.2. The largest absolute Gasteiger partial charge is 0.573 e. The number of benzene rings is 1. The molecule has 0 radical (unpaired) electrons. The van der Waals surface area contributed by atoms with Crippen molar-refractivity contribution in [3.05, 3.63) is 42.1 Å². The van der Waals surface area contributed by atoms with E-state index in [0.717, 1.165) is 24.6 Å². The van der Waals surface area contributed by atoms with E-state index < -0.39 is 33.1 Å². The quantitative estimate of drug-likeness (QED) is 0.494. The maximum Gasteiger partial charge on any atom is 0.573 e. The first-order valence-corrected chi connectivity index (χ1v) is 12.6. The molecule has 1 aromatic carbocycles. The smallest absolute Gasteiger partial charge is 0.419 e. The van der Waals surface area contributed by atoms with Gasteiger partial charge in [-0.15, -0.1) is 17.9 Å². The van der Waals surface area contributed by atoms with Gasteiger partial charge in [0.15, 0.2) is 0 Å². The minimum atomic E-state index is -5.00. The van der Waals surface area contributed by atoms with E-state index in [1.807, 2.05) is 6.92 Å². The van der Waals surface area contributed by atoms with Crippen molar-refractivity contribution >= 4 is 22.1 Å².